The molecule has 11 heavy (non-hydrogen) atoms. The fraction of sp³-hybridized carbons (Fsp3) is 0.500. The second kappa shape index (κ2) is 4.16. The monoisotopic (exact) mass is 153 g/mol. The minimum atomic E-state index is 0.119. The Morgan fingerprint density at radius 2 is 2.36 bits per heavy atom. The fourth-order valence-electron chi connectivity index (χ4n) is 1.07. The van der Waals surface area contributed by atoms with Crippen LogP contribution in [0.1, 0.15) is 24.6 Å². The number of hydrogen-bond acceptors (Lipinski definition) is 2. The number of hydrogen-bond donors (Lipinski definition) is 3. The van der Waals surface area contributed by atoms with E-state index in [1.165, 1.54) is 0 Å². The number of nitrogens with one attached hydrogen (secondary N) is 1. The molecule has 0 saturated heterocycles. The average molecular weight is 153 g/mol. The van der Waals surface area contributed by atoms with E-state index in [2.05, 4.69) is 4.98 Å². The van der Waals surface area contributed by atoms with Gasteiger partial charge < -0.3 is 16.5 Å². The van der Waals surface area contributed by atoms with Crippen LogP contribution in [-0.4, -0.2) is 11.5 Å². The van der Waals surface area contributed by atoms with Crippen LogP contribution in [0.25, 0.3) is 0 Å². The molecule has 0 amide bonds. The third-order valence-corrected chi connectivity index (χ3v) is 1.74. The zero-order chi connectivity index (χ0) is 8.10. The van der Waals surface area contributed by atoms with Crippen LogP contribution in [0.15, 0.2) is 18.3 Å². The van der Waals surface area contributed by atoms with Crippen molar-refractivity contribution in [2.45, 2.75) is 18.9 Å². The lowest BCUT2D eigenvalue weighted by Crippen LogP contribution is -2.12. The Morgan fingerprint density at radius 1 is 1.55 bits per heavy atom. The van der Waals surface area contributed by atoms with E-state index in [9.17, 15) is 0 Å². The third kappa shape index (κ3) is 2.37. The smallest absolute Gasteiger partial charge is 0.0448 e. The fourth-order valence-corrected chi connectivity index (χ4v) is 1.07. The number of rotatable bonds is 4. The van der Waals surface area contributed by atoms with E-state index in [1.807, 2.05) is 18.3 Å². The quantitative estimate of drug-likeness (QED) is 0.597. The molecule has 1 atom stereocenters. The molecule has 0 fully saturated rings. The minimum Gasteiger partial charge on any atom is -0.364 e. The van der Waals surface area contributed by atoms with Crippen LogP contribution >= 0.6 is 0 Å². The van der Waals surface area contributed by atoms with Crippen LogP contribution in [-0.2, 0) is 0 Å². The highest BCUT2D eigenvalue weighted by Crippen LogP contribution is 2.11. The van der Waals surface area contributed by atoms with E-state index >= 15 is 0 Å². The van der Waals surface area contributed by atoms with Crippen LogP contribution in [0.2, 0.25) is 0 Å². The molecule has 0 radical (unpaired) electrons. The molecule has 3 nitrogen and oxygen atoms in total. The van der Waals surface area contributed by atoms with Gasteiger partial charge in [0.1, 0.15) is 0 Å². The van der Waals surface area contributed by atoms with Crippen LogP contribution in [0.5, 0.6) is 0 Å². The predicted octanol–water partition coefficient (Wildman–Crippen LogP) is 0.753. The van der Waals surface area contributed by atoms with E-state index in [0.29, 0.717) is 6.54 Å². The predicted molar refractivity (Wildman–Crippen MR) is 46.0 cm³/mol. The van der Waals surface area contributed by atoms with E-state index < -0.39 is 0 Å². The van der Waals surface area contributed by atoms with Crippen molar-refractivity contribution in [3.05, 3.63) is 24.0 Å². The Kier molecular flexibility index (Phi) is 3.14. The summed E-state index contributed by atoms with van der Waals surface area (Å²) in [5, 5.41) is 0. The summed E-state index contributed by atoms with van der Waals surface area (Å²) in [6, 6.07) is 4.08. The SMILES string of the molecule is NCCCC(N)c1ccc[nH]1. The first-order chi connectivity index (χ1) is 5.34. The van der Waals surface area contributed by atoms with E-state index in [-0.39, 0.29) is 6.04 Å². The molecule has 0 aliphatic carbocycles. The summed E-state index contributed by atoms with van der Waals surface area (Å²) in [6.07, 6.45) is 3.83. The molecule has 1 rings (SSSR count). The highest BCUT2D eigenvalue weighted by molar-refractivity contribution is 5.07. The molecular weight excluding hydrogens is 138 g/mol. The molecule has 0 aromatic carbocycles. The Morgan fingerprint density at radius 3 is 2.91 bits per heavy atom. The average Bonchev–Trinajstić information content (AvgIpc) is 2.52. The Labute approximate surface area is 66.8 Å². The number of H-pyrrole nitrogens is 1. The maximum absolute atomic E-state index is 5.84. The molecule has 0 spiro atoms. The van der Waals surface area contributed by atoms with E-state index in [4.69, 9.17) is 11.5 Å². The van der Waals surface area contributed by atoms with Crippen LogP contribution < -0.4 is 11.5 Å². The van der Waals surface area contributed by atoms with Gasteiger partial charge in [-0.2, -0.15) is 0 Å². The van der Waals surface area contributed by atoms with Gasteiger partial charge in [-0.1, -0.05) is 0 Å². The molecule has 0 aliphatic heterocycles. The first-order valence-electron chi connectivity index (χ1n) is 3.93. The van der Waals surface area contributed by atoms with Gasteiger partial charge in [0.05, 0.1) is 0 Å². The summed E-state index contributed by atoms with van der Waals surface area (Å²) in [5.74, 6) is 0. The first-order valence-corrected chi connectivity index (χ1v) is 3.93. The first kappa shape index (κ1) is 8.30. The maximum Gasteiger partial charge on any atom is 0.0448 e. The normalized spacial score (nSPS) is 13.3. The van der Waals surface area contributed by atoms with Gasteiger partial charge in [-0.05, 0) is 31.5 Å². The lowest BCUT2D eigenvalue weighted by molar-refractivity contribution is 0.606. The van der Waals surface area contributed by atoms with Crippen LogP contribution in [0.4, 0.5) is 0 Å². The topological polar surface area (TPSA) is 67.8 Å². The number of nitrogens with two attached hydrogens (primary N) is 2. The standard InChI is InChI=1S/C8H15N3/c9-5-1-3-7(10)8-4-2-6-11-8/h2,4,6-7,11H,1,3,5,9-10H2. The van der Waals surface area contributed by atoms with Gasteiger partial charge in [-0.25, -0.2) is 0 Å². The largest absolute Gasteiger partial charge is 0.364 e. The van der Waals surface area contributed by atoms with Crippen molar-refractivity contribution in [1.82, 2.24) is 4.98 Å². The third-order valence-electron chi connectivity index (χ3n) is 1.74. The maximum atomic E-state index is 5.84. The molecule has 62 valence electrons. The highest BCUT2D eigenvalue weighted by Gasteiger charge is 2.04. The Bertz CT molecular complexity index is 181. The summed E-state index contributed by atoms with van der Waals surface area (Å²) in [7, 11) is 0. The van der Waals surface area contributed by atoms with Crippen LogP contribution in [0, 0.1) is 0 Å². The zero-order valence-electron chi connectivity index (χ0n) is 6.59. The summed E-state index contributed by atoms with van der Waals surface area (Å²) in [4.78, 5) is 3.08. The second-order valence-electron chi connectivity index (χ2n) is 2.66. The molecule has 0 saturated carbocycles. The van der Waals surface area contributed by atoms with Gasteiger partial charge in [0, 0.05) is 17.9 Å². The van der Waals surface area contributed by atoms with Crippen molar-refractivity contribution in [3.8, 4) is 0 Å². The van der Waals surface area contributed by atoms with Crippen molar-refractivity contribution in [3.63, 3.8) is 0 Å². The van der Waals surface area contributed by atoms with Gasteiger partial charge in [0.2, 0.25) is 0 Å². The van der Waals surface area contributed by atoms with Crippen LogP contribution in [0.3, 0.4) is 0 Å². The molecular formula is C8H15N3. The van der Waals surface area contributed by atoms with Gasteiger partial charge >= 0.3 is 0 Å². The molecule has 3 heteroatoms. The zero-order valence-corrected chi connectivity index (χ0v) is 6.59. The molecule has 5 N–H and O–H groups in total. The lowest BCUT2D eigenvalue weighted by Gasteiger charge is -2.07. The number of aromatic amines is 1. The van der Waals surface area contributed by atoms with Crippen molar-refractivity contribution in [1.29, 1.82) is 0 Å². The van der Waals surface area contributed by atoms with Crippen molar-refractivity contribution in [2.75, 3.05) is 6.54 Å². The highest BCUT2D eigenvalue weighted by atomic mass is 14.8. The summed E-state index contributed by atoms with van der Waals surface area (Å²) in [5.41, 5.74) is 12.3. The molecule has 0 bridgehead atoms. The summed E-state index contributed by atoms with van der Waals surface area (Å²) in [6.45, 7) is 0.717. The van der Waals surface area contributed by atoms with Gasteiger partial charge in [0.25, 0.3) is 0 Å². The van der Waals surface area contributed by atoms with Crippen molar-refractivity contribution >= 4 is 0 Å². The van der Waals surface area contributed by atoms with Crippen molar-refractivity contribution < 1.29 is 0 Å². The molecule has 1 aromatic heterocycles. The second-order valence-corrected chi connectivity index (χ2v) is 2.66. The van der Waals surface area contributed by atoms with Gasteiger partial charge in [-0.15, -0.1) is 0 Å². The van der Waals surface area contributed by atoms with Crippen molar-refractivity contribution in [2.24, 2.45) is 11.5 Å². The van der Waals surface area contributed by atoms with E-state index in [1.54, 1.807) is 0 Å². The lowest BCUT2D eigenvalue weighted by atomic mass is 10.1. The minimum absolute atomic E-state index is 0.119. The Balaban J connectivity index is 2.36. The summed E-state index contributed by atoms with van der Waals surface area (Å²) >= 11 is 0. The molecule has 0 aliphatic rings. The molecule has 1 unspecified atom stereocenters. The number of aromatic nitrogens is 1. The molecule has 1 heterocycles. The Hall–Kier alpha value is -0.800. The van der Waals surface area contributed by atoms with Gasteiger partial charge in [0.15, 0.2) is 0 Å². The molecule has 1 aromatic rings. The summed E-state index contributed by atoms with van der Waals surface area (Å²) < 4.78 is 0. The van der Waals surface area contributed by atoms with Gasteiger partial charge in [-0.3, -0.25) is 0 Å². The van der Waals surface area contributed by atoms with E-state index in [0.717, 1.165) is 18.5 Å².